The highest BCUT2D eigenvalue weighted by Crippen LogP contribution is 2.27. The van der Waals surface area contributed by atoms with Crippen molar-refractivity contribution in [2.24, 2.45) is 0 Å². The fourth-order valence-electron chi connectivity index (χ4n) is 2.47. The van der Waals surface area contributed by atoms with Gasteiger partial charge in [0.15, 0.2) is 0 Å². The molecular formula is C15H21BrO. The van der Waals surface area contributed by atoms with E-state index < -0.39 is 0 Å². The largest absolute Gasteiger partial charge is 0.490 e. The lowest BCUT2D eigenvalue weighted by molar-refractivity contribution is 0.186. The third-order valence-electron chi connectivity index (χ3n) is 3.49. The zero-order chi connectivity index (χ0) is 12.1. The van der Waals surface area contributed by atoms with E-state index in [1.54, 1.807) is 0 Å². The second-order valence-electron chi connectivity index (χ2n) is 4.76. The van der Waals surface area contributed by atoms with Crippen molar-refractivity contribution in [3.63, 3.8) is 0 Å². The molecule has 0 amide bonds. The van der Waals surface area contributed by atoms with Crippen molar-refractivity contribution in [2.45, 2.75) is 51.6 Å². The topological polar surface area (TPSA) is 9.23 Å². The summed E-state index contributed by atoms with van der Waals surface area (Å²) in [7, 11) is 0. The van der Waals surface area contributed by atoms with Crippen LogP contribution < -0.4 is 4.74 Å². The SMILES string of the molecule is CCC(CCCBr)Oc1ccc2c(c1)CCC2. The average Bonchev–Trinajstić information content (AvgIpc) is 2.81. The van der Waals surface area contributed by atoms with Gasteiger partial charge in [-0.15, -0.1) is 0 Å². The summed E-state index contributed by atoms with van der Waals surface area (Å²) in [5.74, 6) is 1.06. The monoisotopic (exact) mass is 296 g/mol. The van der Waals surface area contributed by atoms with Gasteiger partial charge in [0, 0.05) is 5.33 Å². The van der Waals surface area contributed by atoms with Gasteiger partial charge in [0.2, 0.25) is 0 Å². The maximum absolute atomic E-state index is 6.07. The molecule has 0 saturated heterocycles. The Morgan fingerprint density at radius 1 is 1.29 bits per heavy atom. The summed E-state index contributed by atoms with van der Waals surface area (Å²) >= 11 is 3.48. The van der Waals surface area contributed by atoms with Gasteiger partial charge < -0.3 is 4.74 Å². The molecule has 1 unspecified atom stereocenters. The summed E-state index contributed by atoms with van der Waals surface area (Å²) in [6.45, 7) is 2.20. The van der Waals surface area contributed by atoms with Gasteiger partial charge in [-0.2, -0.15) is 0 Å². The predicted octanol–water partition coefficient (Wildman–Crippen LogP) is 4.51. The van der Waals surface area contributed by atoms with Gasteiger partial charge in [-0.05, 0) is 61.8 Å². The summed E-state index contributed by atoms with van der Waals surface area (Å²) in [6.07, 6.45) is 7.56. The molecule has 2 heteroatoms. The van der Waals surface area contributed by atoms with Crippen LogP contribution in [0.25, 0.3) is 0 Å². The standard InChI is InChI=1S/C15H21BrO/c1-2-14(7-4-10-16)17-15-9-8-12-5-3-6-13(12)11-15/h8-9,11,14H,2-7,10H2,1H3. The van der Waals surface area contributed by atoms with Crippen LogP contribution in [0.4, 0.5) is 0 Å². The van der Waals surface area contributed by atoms with E-state index >= 15 is 0 Å². The predicted molar refractivity (Wildman–Crippen MR) is 76.2 cm³/mol. The Balaban J connectivity index is 1.97. The van der Waals surface area contributed by atoms with E-state index in [9.17, 15) is 0 Å². The van der Waals surface area contributed by atoms with Crippen LogP contribution in [0.3, 0.4) is 0 Å². The van der Waals surface area contributed by atoms with Crippen LogP contribution in [-0.4, -0.2) is 11.4 Å². The van der Waals surface area contributed by atoms with Gasteiger partial charge in [0.05, 0.1) is 6.10 Å². The normalized spacial score (nSPS) is 15.6. The minimum atomic E-state index is 0.368. The van der Waals surface area contributed by atoms with E-state index in [-0.39, 0.29) is 0 Å². The molecule has 94 valence electrons. The number of halogens is 1. The molecule has 1 atom stereocenters. The highest BCUT2D eigenvalue weighted by molar-refractivity contribution is 9.09. The molecule has 1 nitrogen and oxygen atoms in total. The molecule has 0 bridgehead atoms. The van der Waals surface area contributed by atoms with E-state index in [2.05, 4.69) is 41.1 Å². The van der Waals surface area contributed by atoms with Crippen molar-refractivity contribution < 1.29 is 4.74 Å². The Labute approximate surface area is 113 Å². The Morgan fingerprint density at radius 2 is 2.12 bits per heavy atom. The van der Waals surface area contributed by atoms with Gasteiger partial charge in [-0.1, -0.05) is 28.9 Å². The van der Waals surface area contributed by atoms with Gasteiger partial charge in [-0.3, -0.25) is 0 Å². The second kappa shape index (κ2) is 6.44. The van der Waals surface area contributed by atoms with Crippen molar-refractivity contribution in [3.05, 3.63) is 29.3 Å². The lowest BCUT2D eigenvalue weighted by Crippen LogP contribution is -2.15. The van der Waals surface area contributed by atoms with Crippen molar-refractivity contribution in [2.75, 3.05) is 5.33 Å². The molecule has 0 aromatic heterocycles. The first-order chi connectivity index (χ1) is 8.33. The van der Waals surface area contributed by atoms with Crippen molar-refractivity contribution in [1.82, 2.24) is 0 Å². The second-order valence-corrected chi connectivity index (χ2v) is 5.56. The first-order valence-electron chi connectivity index (χ1n) is 6.68. The highest BCUT2D eigenvalue weighted by Gasteiger charge is 2.13. The summed E-state index contributed by atoms with van der Waals surface area (Å²) in [5.41, 5.74) is 3.02. The molecule has 1 aliphatic carbocycles. The lowest BCUT2D eigenvalue weighted by atomic mass is 10.1. The number of fused-ring (bicyclic) bond motifs is 1. The van der Waals surface area contributed by atoms with Crippen LogP contribution in [0.2, 0.25) is 0 Å². The van der Waals surface area contributed by atoms with Gasteiger partial charge in [-0.25, -0.2) is 0 Å². The van der Waals surface area contributed by atoms with Crippen molar-refractivity contribution >= 4 is 15.9 Å². The first kappa shape index (κ1) is 12.9. The van der Waals surface area contributed by atoms with Gasteiger partial charge >= 0.3 is 0 Å². The van der Waals surface area contributed by atoms with Crippen molar-refractivity contribution in [1.29, 1.82) is 0 Å². The van der Waals surface area contributed by atoms with E-state index in [4.69, 9.17) is 4.74 Å². The Kier molecular flexibility index (Phi) is 4.90. The average molecular weight is 297 g/mol. The van der Waals surface area contributed by atoms with E-state index in [1.807, 2.05) is 0 Å². The van der Waals surface area contributed by atoms with Crippen molar-refractivity contribution in [3.8, 4) is 5.75 Å². The molecule has 2 rings (SSSR count). The molecule has 0 heterocycles. The maximum Gasteiger partial charge on any atom is 0.120 e. The highest BCUT2D eigenvalue weighted by atomic mass is 79.9. The number of alkyl halides is 1. The molecule has 0 aliphatic heterocycles. The number of benzene rings is 1. The number of hydrogen-bond acceptors (Lipinski definition) is 1. The molecule has 0 N–H and O–H groups in total. The van der Waals surface area contributed by atoms with Crippen LogP contribution in [0.1, 0.15) is 43.7 Å². The van der Waals surface area contributed by atoms with E-state index in [1.165, 1.54) is 36.8 Å². The van der Waals surface area contributed by atoms with E-state index in [0.717, 1.165) is 23.9 Å². The minimum absolute atomic E-state index is 0.368. The quantitative estimate of drug-likeness (QED) is 0.702. The summed E-state index contributed by atoms with van der Waals surface area (Å²) in [4.78, 5) is 0. The Hall–Kier alpha value is -0.500. The molecule has 0 saturated carbocycles. The fourth-order valence-corrected chi connectivity index (χ4v) is 2.79. The van der Waals surface area contributed by atoms with Crippen LogP contribution in [0.5, 0.6) is 5.75 Å². The van der Waals surface area contributed by atoms with Crippen LogP contribution in [-0.2, 0) is 12.8 Å². The third kappa shape index (κ3) is 3.48. The minimum Gasteiger partial charge on any atom is -0.490 e. The summed E-state index contributed by atoms with van der Waals surface area (Å²) < 4.78 is 6.07. The van der Waals surface area contributed by atoms with Crippen LogP contribution in [0.15, 0.2) is 18.2 Å². The van der Waals surface area contributed by atoms with Crippen LogP contribution >= 0.6 is 15.9 Å². The zero-order valence-corrected chi connectivity index (χ0v) is 12.1. The van der Waals surface area contributed by atoms with E-state index in [0.29, 0.717) is 6.10 Å². The fraction of sp³-hybridized carbons (Fsp3) is 0.600. The number of aryl methyl sites for hydroxylation is 2. The lowest BCUT2D eigenvalue weighted by Gasteiger charge is -2.17. The van der Waals surface area contributed by atoms with Gasteiger partial charge in [0.25, 0.3) is 0 Å². The number of rotatable bonds is 6. The molecule has 0 fully saturated rings. The molecule has 1 aromatic carbocycles. The molecule has 1 aliphatic rings. The number of hydrogen-bond donors (Lipinski definition) is 0. The maximum atomic E-state index is 6.07. The Bertz CT molecular complexity index is 362. The molecular weight excluding hydrogens is 276 g/mol. The zero-order valence-electron chi connectivity index (χ0n) is 10.5. The first-order valence-corrected chi connectivity index (χ1v) is 7.80. The molecule has 17 heavy (non-hydrogen) atoms. The molecule has 0 radical (unpaired) electrons. The molecule has 0 spiro atoms. The smallest absolute Gasteiger partial charge is 0.120 e. The summed E-state index contributed by atoms with van der Waals surface area (Å²) in [6, 6.07) is 6.63. The Morgan fingerprint density at radius 3 is 2.88 bits per heavy atom. The van der Waals surface area contributed by atoms with Crippen LogP contribution in [0, 0.1) is 0 Å². The summed E-state index contributed by atoms with van der Waals surface area (Å²) in [5, 5.41) is 1.07. The third-order valence-corrected chi connectivity index (χ3v) is 4.05. The molecule has 1 aromatic rings. The van der Waals surface area contributed by atoms with Gasteiger partial charge in [0.1, 0.15) is 5.75 Å². The number of ether oxygens (including phenoxy) is 1.